The maximum absolute atomic E-state index is 13.1. The molecule has 0 spiro atoms. The number of pyridine rings is 1. The van der Waals surface area contributed by atoms with Gasteiger partial charge < -0.3 is 14.6 Å². The van der Waals surface area contributed by atoms with Crippen LogP contribution in [0.3, 0.4) is 0 Å². The molecule has 4 aromatic rings. The highest BCUT2D eigenvalue weighted by Crippen LogP contribution is 2.23. The maximum atomic E-state index is 13.1. The van der Waals surface area contributed by atoms with Gasteiger partial charge in [0.2, 0.25) is 10.0 Å². The second kappa shape index (κ2) is 8.30. The van der Waals surface area contributed by atoms with Crippen LogP contribution < -0.4 is 16.0 Å². The van der Waals surface area contributed by atoms with Gasteiger partial charge in [-0.2, -0.15) is 4.31 Å². The van der Waals surface area contributed by atoms with Gasteiger partial charge in [-0.05, 0) is 55.0 Å². The monoisotopic (exact) mass is 467 g/mol. The Balaban J connectivity index is 1.25. The lowest BCUT2D eigenvalue weighted by Crippen LogP contribution is -2.49. The van der Waals surface area contributed by atoms with Crippen molar-refractivity contribution in [1.29, 1.82) is 0 Å². The van der Waals surface area contributed by atoms with Crippen molar-refractivity contribution in [2.24, 2.45) is 0 Å². The van der Waals surface area contributed by atoms with E-state index in [9.17, 15) is 13.2 Å². The predicted molar refractivity (Wildman–Crippen MR) is 122 cm³/mol. The first-order valence-corrected chi connectivity index (χ1v) is 11.7. The summed E-state index contributed by atoms with van der Waals surface area (Å²) in [4.78, 5) is 20.2. The fourth-order valence-corrected chi connectivity index (χ4v) is 5.14. The smallest absolute Gasteiger partial charge is 0.408 e. The molecule has 170 valence electrons. The molecule has 5 rings (SSSR count). The molecule has 0 bridgehead atoms. The van der Waals surface area contributed by atoms with Crippen molar-refractivity contribution in [1.82, 2.24) is 24.5 Å². The Hall–Kier alpha value is -3.77. The van der Waals surface area contributed by atoms with Crippen LogP contribution in [-0.2, 0) is 10.0 Å². The molecule has 0 amide bonds. The lowest BCUT2D eigenvalue weighted by molar-refractivity contribution is 0.383. The van der Waals surface area contributed by atoms with E-state index < -0.39 is 15.8 Å². The average molecular weight is 468 g/mol. The highest BCUT2D eigenvalue weighted by atomic mass is 32.2. The quantitative estimate of drug-likeness (QED) is 0.450. The summed E-state index contributed by atoms with van der Waals surface area (Å²) in [6, 6.07) is 11.8. The molecule has 1 fully saturated rings. The summed E-state index contributed by atoms with van der Waals surface area (Å²) >= 11 is 0. The molecule has 33 heavy (non-hydrogen) atoms. The zero-order valence-electron chi connectivity index (χ0n) is 17.7. The van der Waals surface area contributed by atoms with E-state index in [1.54, 1.807) is 6.20 Å². The standard InChI is InChI=1S/C21H21N7O4S/c1-14-6-7-22-19(12-14)24-18-4-5-20(26-25-18)27-8-10-28(11-9-27)33(30,31)15-2-3-17-16(13-15)23-21(29)32-17/h2-7,12-13H,8-11H2,1H3,(H,23,29)(H,22,24,25). The summed E-state index contributed by atoms with van der Waals surface area (Å²) in [5, 5.41) is 11.6. The van der Waals surface area contributed by atoms with Gasteiger partial charge in [-0.25, -0.2) is 18.2 Å². The van der Waals surface area contributed by atoms with E-state index in [1.165, 1.54) is 22.5 Å². The second-order valence-corrected chi connectivity index (χ2v) is 9.62. The lowest BCUT2D eigenvalue weighted by Gasteiger charge is -2.34. The first kappa shape index (κ1) is 21.1. The molecule has 2 N–H and O–H groups in total. The maximum Gasteiger partial charge on any atom is 0.417 e. The van der Waals surface area contributed by atoms with Gasteiger partial charge in [0.05, 0.1) is 10.4 Å². The number of nitrogens with zero attached hydrogens (tertiary/aromatic N) is 5. The number of rotatable bonds is 5. The number of piperazine rings is 1. The first-order valence-electron chi connectivity index (χ1n) is 10.3. The van der Waals surface area contributed by atoms with E-state index in [2.05, 4.69) is 25.5 Å². The topological polar surface area (TPSA) is 137 Å². The van der Waals surface area contributed by atoms with Crippen LogP contribution >= 0.6 is 0 Å². The Morgan fingerprint density at radius 2 is 1.82 bits per heavy atom. The lowest BCUT2D eigenvalue weighted by atomic mass is 10.3. The molecule has 0 aliphatic carbocycles. The van der Waals surface area contributed by atoms with Crippen LogP contribution in [-0.4, -0.2) is 59.1 Å². The predicted octanol–water partition coefficient (Wildman–Crippen LogP) is 1.87. The van der Waals surface area contributed by atoms with Crippen LogP contribution in [0.2, 0.25) is 0 Å². The van der Waals surface area contributed by atoms with Crippen molar-refractivity contribution in [3.8, 4) is 0 Å². The minimum atomic E-state index is -3.70. The van der Waals surface area contributed by atoms with E-state index in [0.29, 0.717) is 54.7 Å². The van der Waals surface area contributed by atoms with E-state index in [0.717, 1.165) is 5.56 Å². The van der Waals surface area contributed by atoms with Crippen LogP contribution in [0, 0.1) is 6.92 Å². The van der Waals surface area contributed by atoms with Crippen molar-refractivity contribution in [3.63, 3.8) is 0 Å². The SMILES string of the molecule is Cc1ccnc(Nc2ccc(N3CCN(S(=O)(=O)c4ccc5oc(=O)[nH]c5c4)CC3)nn2)c1. The van der Waals surface area contributed by atoms with E-state index in [-0.39, 0.29) is 4.90 Å². The Morgan fingerprint density at radius 1 is 1.00 bits per heavy atom. The molecule has 0 unspecified atom stereocenters. The third-order valence-corrected chi connectivity index (χ3v) is 7.31. The number of aryl methyl sites for hydroxylation is 1. The van der Waals surface area contributed by atoms with Gasteiger partial charge in [0.1, 0.15) is 5.82 Å². The molecule has 1 aliphatic rings. The molecule has 11 nitrogen and oxygen atoms in total. The van der Waals surface area contributed by atoms with Crippen molar-refractivity contribution < 1.29 is 12.8 Å². The summed E-state index contributed by atoms with van der Waals surface area (Å²) in [5.74, 6) is 1.32. The molecule has 1 aromatic carbocycles. The van der Waals surface area contributed by atoms with E-state index >= 15 is 0 Å². The molecule has 1 aliphatic heterocycles. The Bertz CT molecular complexity index is 1460. The number of oxazole rings is 1. The fourth-order valence-electron chi connectivity index (χ4n) is 3.69. The van der Waals surface area contributed by atoms with Crippen molar-refractivity contribution >= 4 is 38.6 Å². The molecular weight excluding hydrogens is 446 g/mol. The summed E-state index contributed by atoms with van der Waals surface area (Å²) in [7, 11) is -3.70. The largest absolute Gasteiger partial charge is 0.417 e. The second-order valence-electron chi connectivity index (χ2n) is 7.68. The number of nitrogens with one attached hydrogen (secondary N) is 2. The van der Waals surface area contributed by atoms with Gasteiger partial charge in [0.15, 0.2) is 17.2 Å². The zero-order chi connectivity index (χ0) is 23.0. The third-order valence-electron chi connectivity index (χ3n) is 5.41. The minimum Gasteiger partial charge on any atom is -0.408 e. The first-order chi connectivity index (χ1) is 15.9. The van der Waals surface area contributed by atoms with Crippen LogP contribution in [0.5, 0.6) is 0 Å². The third kappa shape index (κ3) is 4.30. The van der Waals surface area contributed by atoms with Gasteiger partial charge in [0, 0.05) is 32.4 Å². The number of anilines is 3. The van der Waals surface area contributed by atoms with Gasteiger partial charge in [-0.15, -0.1) is 10.2 Å². The molecule has 4 heterocycles. The molecule has 0 atom stereocenters. The molecule has 0 radical (unpaired) electrons. The number of hydrogen-bond acceptors (Lipinski definition) is 9. The van der Waals surface area contributed by atoms with Gasteiger partial charge in [-0.1, -0.05) is 0 Å². The minimum absolute atomic E-state index is 0.112. The molecule has 3 aromatic heterocycles. The Kier molecular flexibility index (Phi) is 5.30. The number of fused-ring (bicyclic) bond motifs is 1. The molecular formula is C21H21N7O4S. The average Bonchev–Trinajstić information content (AvgIpc) is 3.19. The normalized spacial score (nSPS) is 15.1. The van der Waals surface area contributed by atoms with Crippen LogP contribution in [0.1, 0.15) is 5.56 Å². The molecule has 1 saturated heterocycles. The van der Waals surface area contributed by atoms with Gasteiger partial charge >= 0.3 is 5.76 Å². The Morgan fingerprint density at radius 3 is 2.55 bits per heavy atom. The summed E-state index contributed by atoms with van der Waals surface area (Å²) in [5.41, 5.74) is 1.76. The van der Waals surface area contributed by atoms with E-state index in [4.69, 9.17) is 4.42 Å². The zero-order valence-corrected chi connectivity index (χ0v) is 18.5. The van der Waals surface area contributed by atoms with Crippen LogP contribution in [0.4, 0.5) is 17.5 Å². The number of benzene rings is 1. The van der Waals surface area contributed by atoms with Gasteiger partial charge in [0.25, 0.3) is 0 Å². The summed E-state index contributed by atoms with van der Waals surface area (Å²) in [6.45, 7) is 3.54. The van der Waals surface area contributed by atoms with Crippen molar-refractivity contribution in [3.05, 3.63) is 64.8 Å². The summed E-state index contributed by atoms with van der Waals surface area (Å²) in [6.07, 6.45) is 1.72. The number of sulfonamides is 1. The molecule has 0 saturated carbocycles. The van der Waals surface area contributed by atoms with Gasteiger partial charge in [-0.3, -0.25) is 4.98 Å². The fraction of sp³-hybridized carbons (Fsp3) is 0.238. The number of H-pyrrole nitrogens is 1. The van der Waals surface area contributed by atoms with Crippen molar-refractivity contribution in [2.45, 2.75) is 11.8 Å². The van der Waals surface area contributed by atoms with E-state index in [1.807, 2.05) is 36.1 Å². The van der Waals surface area contributed by atoms with Crippen LogP contribution in [0.15, 0.2) is 62.8 Å². The molecule has 12 heteroatoms. The Labute approximate surface area is 189 Å². The van der Waals surface area contributed by atoms with Crippen LogP contribution in [0.25, 0.3) is 11.1 Å². The summed E-state index contributed by atoms with van der Waals surface area (Å²) < 4.78 is 32.5. The number of aromatic nitrogens is 4. The highest BCUT2D eigenvalue weighted by Gasteiger charge is 2.29. The highest BCUT2D eigenvalue weighted by molar-refractivity contribution is 7.89. The van der Waals surface area contributed by atoms with Crippen molar-refractivity contribution in [2.75, 3.05) is 36.4 Å². The number of aromatic amines is 1. The number of hydrogen-bond donors (Lipinski definition) is 2.